The van der Waals surface area contributed by atoms with Gasteiger partial charge in [0.2, 0.25) is 5.91 Å². The summed E-state index contributed by atoms with van der Waals surface area (Å²) in [7, 11) is 1.65. The maximum absolute atomic E-state index is 12.5. The summed E-state index contributed by atoms with van der Waals surface area (Å²) in [6, 6.07) is 16.7. The van der Waals surface area contributed by atoms with Crippen LogP contribution in [0.25, 0.3) is 0 Å². The molecular weight excluding hydrogens is 348 g/mol. The summed E-state index contributed by atoms with van der Waals surface area (Å²) in [6.07, 6.45) is 5.48. The molecule has 4 heteroatoms. The summed E-state index contributed by atoms with van der Waals surface area (Å²) in [4.78, 5) is 15.1. The Labute approximate surface area is 168 Å². The monoisotopic (exact) mass is 380 g/mol. The van der Waals surface area contributed by atoms with Gasteiger partial charge in [-0.2, -0.15) is 0 Å². The van der Waals surface area contributed by atoms with Gasteiger partial charge in [-0.15, -0.1) is 0 Å². The molecule has 0 bridgehead atoms. The lowest BCUT2D eigenvalue weighted by molar-refractivity contribution is -0.120. The molecule has 1 fully saturated rings. The fourth-order valence-electron chi connectivity index (χ4n) is 3.85. The van der Waals surface area contributed by atoms with Gasteiger partial charge in [-0.05, 0) is 56.1 Å². The highest BCUT2D eigenvalue weighted by Crippen LogP contribution is 2.24. The number of ether oxygens (including phenoxy) is 1. The number of carbonyl (C=O) groups is 1. The van der Waals surface area contributed by atoms with Crippen molar-refractivity contribution in [2.45, 2.75) is 45.1 Å². The van der Waals surface area contributed by atoms with Gasteiger partial charge in [-0.25, -0.2) is 0 Å². The standard InChI is InChI=1S/C24H32N2O2/c1-19-7-11-21(12-8-19)23(26-15-5-3-4-6-16-26)18-25-24(27)17-20-9-13-22(28-2)14-10-20/h7-14,23H,3-6,15-18H2,1-2H3,(H,25,27)/t23-/m0/s1. The molecule has 3 rings (SSSR count). The molecule has 0 spiro atoms. The Bertz CT molecular complexity index is 732. The number of carbonyl (C=O) groups excluding carboxylic acids is 1. The number of aryl methyl sites for hydroxylation is 1. The second-order valence-electron chi connectivity index (χ2n) is 7.71. The summed E-state index contributed by atoms with van der Waals surface area (Å²) in [6.45, 7) is 4.97. The molecule has 1 saturated heterocycles. The second-order valence-corrected chi connectivity index (χ2v) is 7.71. The van der Waals surface area contributed by atoms with Crippen molar-refractivity contribution in [2.75, 3.05) is 26.7 Å². The van der Waals surface area contributed by atoms with Crippen molar-refractivity contribution in [3.8, 4) is 5.75 Å². The normalized spacial score (nSPS) is 16.2. The van der Waals surface area contributed by atoms with Crippen LogP contribution in [0.15, 0.2) is 48.5 Å². The lowest BCUT2D eigenvalue weighted by Crippen LogP contribution is -2.39. The van der Waals surface area contributed by atoms with E-state index in [-0.39, 0.29) is 11.9 Å². The van der Waals surface area contributed by atoms with Crippen molar-refractivity contribution < 1.29 is 9.53 Å². The highest BCUT2D eigenvalue weighted by Gasteiger charge is 2.22. The predicted molar refractivity (Wildman–Crippen MR) is 114 cm³/mol. The average molecular weight is 381 g/mol. The Kier molecular flexibility index (Phi) is 7.49. The van der Waals surface area contributed by atoms with Crippen molar-refractivity contribution in [1.29, 1.82) is 0 Å². The molecule has 150 valence electrons. The molecule has 28 heavy (non-hydrogen) atoms. The molecule has 0 saturated carbocycles. The fourth-order valence-corrected chi connectivity index (χ4v) is 3.85. The Morgan fingerprint density at radius 1 is 1.00 bits per heavy atom. The molecule has 4 nitrogen and oxygen atoms in total. The van der Waals surface area contributed by atoms with Crippen molar-refractivity contribution in [3.05, 3.63) is 65.2 Å². The van der Waals surface area contributed by atoms with E-state index in [0.29, 0.717) is 13.0 Å². The van der Waals surface area contributed by atoms with Gasteiger partial charge in [0.1, 0.15) is 5.75 Å². The number of nitrogens with one attached hydrogen (secondary N) is 1. The van der Waals surface area contributed by atoms with Crippen molar-refractivity contribution in [3.63, 3.8) is 0 Å². The van der Waals surface area contributed by atoms with Gasteiger partial charge in [-0.3, -0.25) is 9.69 Å². The SMILES string of the molecule is COc1ccc(CC(=O)NC[C@@H](c2ccc(C)cc2)N2CCCCCC2)cc1. The zero-order valence-electron chi connectivity index (χ0n) is 17.1. The number of rotatable bonds is 7. The first kappa shape index (κ1) is 20.4. The fraction of sp³-hybridized carbons (Fsp3) is 0.458. The van der Waals surface area contributed by atoms with E-state index in [1.165, 1.54) is 36.8 Å². The van der Waals surface area contributed by atoms with Crippen LogP contribution in [0.3, 0.4) is 0 Å². The van der Waals surface area contributed by atoms with Crippen LogP contribution < -0.4 is 10.1 Å². The van der Waals surface area contributed by atoms with Crippen molar-refractivity contribution in [1.82, 2.24) is 10.2 Å². The summed E-state index contributed by atoms with van der Waals surface area (Å²) < 4.78 is 5.18. The zero-order valence-corrected chi connectivity index (χ0v) is 17.1. The molecule has 1 aliphatic heterocycles. The van der Waals surface area contributed by atoms with Crippen LogP contribution in [0, 0.1) is 6.92 Å². The Morgan fingerprint density at radius 2 is 1.64 bits per heavy atom. The molecular formula is C24H32N2O2. The quantitative estimate of drug-likeness (QED) is 0.779. The summed E-state index contributed by atoms with van der Waals surface area (Å²) in [5.41, 5.74) is 3.55. The first-order valence-electron chi connectivity index (χ1n) is 10.4. The third-order valence-electron chi connectivity index (χ3n) is 5.56. The minimum atomic E-state index is 0.0668. The highest BCUT2D eigenvalue weighted by atomic mass is 16.5. The van der Waals surface area contributed by atoms with Crippen LogP contribution in [0.1, 0.15) is 48.4 Å². The second kappa shape index (κ2) is 10.3. The van der Waals surface area contributed by atoms with E-state index in [1.54, 1.807) is 7.11 Å². The molecule has 0 aliphatic carbocycles. The smallest absolute Gasteiger partial charge is 0.224 e. The predicted octanol–water partition coefficient (Wildman–Crippen LogP) is 4.28. The molecule has 0 aromatic heterocycles. The minimum absolute atomic E-state index is 0.0668. The third-order valence-corrected chi connectivity index (χ3v) is 5.56. The minimum Gasteiger partial charge on any atom is -0.497 e. The maximum Gasteiger partial charge on any atom is 0.224 e. The van der Waals surface area contributed by atoms with Crippen LogP contribution in [-0.4, -0.2) is 37.6 Å². The summed E-state index contributed by atoms with van der Waals surface area (Å²) in [5.74, 6) is 0.877. The number of nitrogens with zero attached hydrogens (tertiary/aromatic N) is 1. The van der Waals surface area contributed by atoms with E-state index in [2.05, 4.69) is 41.4 Å². The Balaban J connectivity index is 1.64. The highest BCUT2D eigenvalue weighted by molar-refractivity contribution is 5.78. The molecule has 0 radical (unpaired) electrons. The third kappa shape index (κ3) is 5.83. The molecule has 1 heterocycles. The van der Waals surface area contributed by atoms with E-state index >= 15 is 0 Å². The van der Waals surface area contributed by atoms with Crippen molar-refractivity contribution >= 4 is 5.91 Å². The molecule has 1 amide bonds. The van der Waals surface area contributed by atoms with Gasteiger partial charge in [-0.1, -0.05) is 54.8 Å². The lowest BCUT2D eigenvalue weighted by Gasteiger charge is -2.31. The van der Waals surface area contributed by atoms with Gasteiger partial charge in [0.25, 0.3) is 0 Å². The Hall–Kier alpha value is -2.33. The molecule has 2 aromatic rings. The van der Waals surface area contributed by atoms with Crippen LogP contribution in [0.4, 0.5) is 0 Å². The maximum atomic E-state index is 12.5. The first-order chi connectivity index (χ1) is 13.7. The molecule has 2 aromatic carbocycles. The van der Waals surface area contributed by atoms with Crippen LogP contribution in [0.2, 0.25) is 0 Å². The van der Waals surface area contributed by atoms with E-state index in [4.69, 9.17) is 4.74 Å². The Morgan fingerprint density at radius 3 is 2.25 bits per heavy atom. The largest absolute Gasteiger partial charge is 0.497 e. The topological polar surface area (TPSA) is 41.6 Å². The molecule has 1 atom stereocenters. The van der Waals surface area contributed by atoms with Gasteiger partial charge >= 0.3 is 0 Å². The van der Waals surface area contributed by atoms with Crippen LogP contribution >= 0.6 is 0 Å². The number of hydrogen-bond acceptors (Lipinski definition) is 3. The van der Waals surface area contributed by atoms with E-state index in [1.807, 2.05) is 24.3 Å². The van der Waals surface area contributed by atoms with Crippen LogP contribution in [0.5, 0.6) is 5.75 Å². The summed E-state index contributed by atoms with van der Waals surface area (Å²) in [5, 5.41) is 3.18. The first-order valence-corrected chi connectivity index (χ1v) is 10.4. The number of likely N-dealkylation sites (tertiary alicyclic amines) is 1. The average Bonchev–Trinajstić information content (AvgIpc) is 2.99. The number of amides is 1. The number of methoxy groups -OCH3 is 1. The lowest BCUT2D eigenvalue weighted by atomic mass is 10.0. The van der Waals surface area contributed by atoms with E-state index < -0.39 is 0 Å². The van der Waals surface area contributed by atoms with E-state index in [9.17, 15) is 4.79 Å². The summed E-state index contributed by atoms with van der Waals surface area (Å²) >= 11 is 0. The van der Waals surface area contributed by atoms with Crippen molar-refractivity contribution in [2.24, 2.45) is 0 Å². The van der Waals surface area contributed by atoms with Crippen LogP contribution in [-0.2, 0) is 11.2 Å². The van der Waals surface area contributed by atoms with Gasteiger partial charge in [0.05, 0.1) is 19.6 Å². The molecule has 1 aliphatic rings. The van der Waals surface area contributed by atoms with Gasteiger partial charge in [0, 0.05) is 6.54 Å². The zero-order chi connectivity index (χ0) is 19.8. The molecule has 1 N–H and O–H groups in total. The molecule has 0 unspecified atom stereocenters. The van der Waals surface area contributed by atoms with Gasteiger partial charge < -0.3 is 10.1 Å². The number of hydrogen-bond donors (Lipinski definition) is 1. The van der Waals surface area contributed by atoms with E-state index in [0.717, 1.165) is 24.4 Å². The van der Waals surface area contributed by atoms with Gasteiger partial charge in [0.15, 0.2) is 0 Å². The number of benzene rings is 2.